The minimum Gasteiger partial charge on any atom is -0.481 e. The first-order valence-corrected chi connectivity index (χ1v) is 5.16. The van der Waals surface area contributed by atoms with E-state index < -0.39 is 11.9 Å². The van der Waals surface area contributed by atoms with Gasteiger partial charge in [-0.3, -0.25) is 14.3 Å². The maximum atomic E-state index is 11.3. The minimum absolute atomic E-state index is 0.117. The molecule has 0 aliphatic rings. The molecule has 0 bridgehead atoms. The van der Waals surface area contributed by atoms with Gasteiger partial charge in [-0.2, -0.15) is 5.10 Å². The first-order chi connectivity index (χ1) is 7.99. The summed E-state index contributed by atoms with van der Waals surface area (Å²) >= 11 is 0. The van der Waals surface area contributed by atoms with Crippen LogP contribution in [0, 0.1) is 5.92 Å². The SMILES string of the molecule is CC(CNC(=O)C=Cc1cnn(C)c1)C(=O)O. The molecule has 1 atom stereocenters. The molecule has 0 aliphatic heterocycles. The van der Waals surface area contributed by atoms with Crippen LogP contribution in [0.4, 0.5) is 0 Å². The lowest BCUT2D eigenvalue weighted by molar-refractivity contribution is -0.141. The topological polar surface area (TPSA) is 84.2 Å². The number of aryl methyl sites for hydroxylation is 1. The van der Waals surface area contributed by atoms with Gasteiger partial charge in [0.25, 0.3) is 0 Å². The summed E-state index contributed by atoms with van der Waals surface area (Å²) in [6, 6.07) is 0. The summed E-state index contributed by atoms with van der Waals surface area (Å²) in [4.78, 5) is 21.8. The van der Waals surface area contributed by atoms with Gasteiger partial charge in [0.1, 0.15) is 0 Å². The van der Waals surface area contributed by atoms with Crippen LogP contribution in [-0.4, -0.2) is 33.3 Å². The Labute approximate surface area is 98.9 Å². The van der Waals surface area contributed by atoms with Gasteiger partial charge in [0, 0.05) is 31.4 Å². The van der Waals surface area contributed by atoms with Crippen molar-refractivity contribution in [2.75, 3.05) is 6.54 Å². The summed E-state index contributed by atoms with van der Waals surface area (Å²) in [6.07, 6.45) is 6.37. The highest BCUT2D eigenvalue weighted by Gasteiger charge is 2.10. The zero-order chi connectivity index (χ0) is 12.8. The fraction of sp³-hybridized carbons (Fsp3) is 0.364. The van der Waals surface area contributed by atoms with Crippen molar-refractivity contribution in [1.29, 1.82) is 0 Å². The van der Waals surface area contributed by atoms with E-state index in [0.717, 1.165) is 5.56 Å². The summed E-state index contributed by atoms with van der Waals surface area (Å²) in [5.41, 5.74) is 0.814. The van der Waals surface area contributed by atoms with E-state index in [4.69, 9.17) is 5.11 Å². The second-order valence-electron chi connectivity index (χ2n) is 3.77. The van der Waals surface area contributed by atoms with E-state index >= 15 is 0 Å². The number of carbonyl (C=O) groups excluding carboxylic acids is 1. The van der Waals surface area contributed by atoms with Gasteiger partial charge in [-0.05, 0) is 6.08 Å². The van der Waals surface area contributed by atoms with E-state index in [1.807, 2.05) is 0 Å². The molecule has 0 saturated heterocycles. The lowest BCUT2D eigenvalue weighted by Gasteiger charge is -2.05. The predicted molar refractivity (Wildman–Crippen MR) is 62.1 cm³/mol. The third-order valence-electron chi connectivity index (χ3n) is 2.16. The van der Waals surface area contributed by atoms with E-state index in [9.17, 15) is 9.59 Å². The molecule has 92 valence electrons. The summed E-state index contributed by atoms with van der Waals surface area (Å²) in [7, 11) is 1.78. The molecule has 6 nitrogen and oxygen atoms in total. The van der Waals surface area contributed by atoms with E-state index in [1.54, 1.807) is 30.2 Å². The van der Waals surface area contributed by atoms with Gasteiger partial charge in [0.15, 0.2) is 0 Å². The first-order valence-electron chi connectivity index (χ1n) is 5.16. The van der Waals surface area contributed by atoms with Gasteiger partial charge in [-0.15, -0.1) is 0 Å². The molecule has 0 radical (unpaired) electrons. The number of carbonyl (C=O) groups is 2. The number of aliphatic carboxylic acids is 1. The summed E-state index contributed by atoms with van der Waals surface area (Å²) in [5.74, 6) is -1.84. The van der Waals surface area contributed by atoms with E-state index in [-0.39, 0.29) is 12.5 Å². The highest BCUT2D eigenvalue weighted by Crippen LogP contribution is 1.98. The van der Waals surface area contributed by atoms with Crippen LogP contribution >= 0.6 is 0 Å². The van der Waals surface area contributed by atoms with E-state index in [0.29, 0.717) is 0 Å². The Morgan fingerprint density at radius 2 is 2.35 bits per heavy atom. The van der Waals surface area contributed by atoms with Crippen LogP contribution in [0.5, 0.6) is 0 Å². The molecule has 17 heavy (non-hydrogen) atoms. The zero-order valence-electron chi connectivity index (χ0n) is 9.75. The maximum Gasteiger partial charge on any atom is 0.308 e. The Balaban J connectivity index is 2.39. The molecule has 1 aromatic rings. The highest BCUT2D eigenvalue weighted by atomic mass is 16.4. The number of hydrogen-bond donors (Lipinski definition) is 2. The molecule has 0 aliphatic carbocycles. The number of aromatic nitrogens is 2. The van der Waals surface area contributed by atoms with Gasteiger partial charge in [0.2, 0.25) is 5.91 Å². The van der Waals surface area contributed by atoms with Crippen molar-refractivity contribution in [1.82, 2.24) is 15.1 Å². The Kier molecular flexibility index (Phi) is 4.45. The number of nitrogens with one attached hydrogen (secondary N) is 1. The van der Waals surface area contributed by atoms with Crippen LogP contribution in [-0.2, 0) is 16.6 Å². The summed E-state index contributed by atoms with van der Waals surface area (Å²) in [5, 5.41) is 15.1. The molecule has 6 heteroatoms. The average molecular weight is 237 g/mol. The van der Waals surface area contributed by atoms with Crippen LogP contribution in [0.25, 0.3) is 6.08 Å². The Morgan fingerprint density at radius 3 is 2.88 bits per heavy atom. The number of nitrogens with zero attached hydrogens (tertiary/aromatic N) is 2. The van der Waals surface area contributed by atoms with Crippen LogP contribution < -0.4 is 5.32 Å². The molecule has 0 aromatic carbocycles. The van der Waals surface area contributed by atoms with Gasteiger partial charge < -0.3 is 10.4 Å². The largest absolute Gasteiger partial charge is 0.481 e. The maximum absolute atomic E-state index is 11.3. The monoisotopic (exact) mass is 237 g/mol. The van der Waals surface area contributed by atoms with Crippen molar-refractivity contribution in [2.24, 2.45) is 13.0 Å². The Hall–Kier alpha value is -2.11. The molecule has 0 spiro atoms. The second kappa shape index (κ2) is 5.83. The number of hydrogen-bond acceptors (Lipinski definition) is 3. The van der Waals surface area contributed by atoms with E-state index in [1.165, 1.54) is 13.0 Å². The van der Waals surface area contributed by atoms with Crippen molar-refractivity contribution in [3.63, 3.8) is 0 Å². The summed E-state index contributed by atoms with van der Waals surface area (Å²) in [6.45, 7) is 1.65. The Bertz CT molecular complexity index is 437. The normalized spacial score (nSPS) is 12.6. The van der Waals surface area contributed by atoms with Crippen molar-refractivity contribution < 1.29 is 14.7 Å². The van der Waals surface area contributed by atoms with Crippen molar-refractivity contribution >= 4 is 18.0 Å². The van der Waals surface area contributed by atoms with Crippen molar-refractivity contribution in [3.8, 4) is 0 Å². The molecule has 2 N–H and O–H groups in total. The van der Waals surface area contributed by atoms with Crippen LogP contribution in [0.1, 0.15) is 12.5 Å². The van der Waals surface area contributed by atoms with Crippen LogP contribution in [0.3, 0.4) is 0 Å². The molecule has 1 unspecified atom stereocenters. The lowest BCUT2D eigenvalue weighted by atomic mass is 10.2. The number of rotatable bonds is 5. The van der Waals surface area contributed by atoms with E-state index in [2.05, 4.69) is 10.4 Å². The second-order valence-corrected chi connectivity index (χ2v) is 3.77. The van der Waals surface area contributed by atoms with Gasteiger partial charge in [0.05, 0.1) is 12.1 Å². The molecule has 1 amide bonds. The van der Waals surface area contributed by atoms with Crippen molar-refractivity contribution in [3.05, 3.63) is 24.0 Å². The molecule has 1 aromatic heterocycles. The standard InChI is InChI=1S/C11H15N3O3/c1-8(11(16)17)5-12-10(15)4-3-9-6-13-14(2)7-9/h3-4,6-8H,5H2,1-2H3,(H,12,15)(H,16,17). The quantitative estimate of drug-likeness (QED) is 0.720. The number of amides is 1. The van der Waals surface area contributed by atoms with Crippen molar-refractivity contribution in [2.45, 2.75) is 6.92 Å². The molecule has 1 rings (SSSR count). The molecule has 0 saturated carbocycles. The number of carboxylic acids is 1. The fourth-order valence-corrected chi connectivity index (χ4v) is 1.10. The van der Waals surface area contributed by atoms with Crippen LogP contribution in [0.15, 0.2) is 18.5 Å². The molecular weight excluding hydrogens is 222 g/mol. The van der Waals surface area contributed by atoms with Gasteiger partial charge in [-0.1, -0.05) is 6.92 Å². The van der Waals surface area contributed by atoms with Gasteiger partial charge >= 0.3 is 5.97 Å². The predicted octanol–water partition coefficient (Wildman–Crippen LogP) is 0.270. The number of carboxylic acid groups (broad SMARTS) is 1. The Morgan fingerprint density at radius 1 is 1.65 bits per heavy atom. The average Bonchev–Trinajstić information content (AvgIpc) is 2.69. The molecule has 1 heterocycles. The smallest absolute Gasteiger partial charge is 0.308 e. The first kappa shape index (κ1) is 13.0. The minimum atomic E-state index is -0.929. The summed E-state index contributed by atoms with van der Waals surface area (Å²) < 4.78 is 1.63. The van der Waals surface area contributed by atoms with Gasteiger partial charge in [-0.25, -0.2) is 0 Å². The zero-order valence-corrected chi connectivity index (χ0v) is 9.75. The molecular formula is C11H15N3O3. The lowest BCUT2D eigenvalue weighted by Crippen LogP contribution is -2.30. The fourth-order valence-electron chi connectivity index (χ4n) is 1.10. The third kappa shape index (κ3) is 4.50. The van der Waals surface area contributed by atoms with Crippen LogP contribution in [0.2, 0.25) is 0 Å². The third-order valence-corrected chi connectivity index (χ3v) is 2.16. The molecule has 0 fully saturated rings. The highest BCUT2D eigenvalue weighted by molar-refractivity contribution is 5.91.